The van der Waals surface area contributed by atoms with Crippen LogP contribution in [0.1, 0.15) is 6.92 Å². The predicted molar refractivity (Wildman–Crippen MR) is 90.2 cm³/mol. The first-order valence-electron chi connectivity index (χ1n) is 6.95. The van der Waals surface area contributed by atoms with Crippen molar-refractivity contribution in [2.24, 2.45) is 0 Å². The van der Waals surface area contributed by atoms with Gasteiger partial charge in [-0.1, -0.05) is 23.9 Å². The highest BCUT2D eigenvalue weighted by Gasteiger charge is 2.15. The van der Waals surface area contributed by atoms with Crippen LogP contribution in [0.15, 0.2) is 41.0 Å². The fraction of sp³-hybridized carbons (Fsp3) is 0.188. The molecule has 0 N–H and O–H groups in total. The van der Waals surface area contributed by atoms with Crippen LogP contribution >= 0.6 is 23.1 Å². The summed E-state index contributed by atoms with van der Waals surface area (Å²) in [6.07, 6.45) is 1.49. The van der Waals surface area contributed by atoms with E-state index >= 15 is 0 Å². The van der Waals surface area contributed by atoms with E-state index in [0.29, 0.717) is 6.61 Å². The molecule has 0 saturated carbocycles. The number of carbonyl (C=O) groups is 1. The van der Waals surface area contributed by atoms with Gasteiger partial charge in [0, 0.05) is 10.9 Å². The van der Waals surface area contributed by atoms with Gasteiger partial charge in [-0.15, -0.1) is 11.3 Å². The molecular formula is C16H13FN2O2S2. The van der Waals surface area contributed by atoms with Crippen LogP contribution in [-0.4, -0.2) is 28.3 Å². The van der Waals surface area contributed by atoms with E-state index in [-0.39, 0.29) is 17.5 Å². The quantitative estimate of drug-likeness (QED) is 0.394. The highest BCUT2D eigenvalue weighted by molar-refractivity contribution is 8.00. The largest absolute Gasteiger partial charge is 0.465 e. The minimum absolute atomic E-state index is 0.193. The van der Waals surface area contributed by atoms with Crippen LogP contribution in [-0.2, 0) is 9.53 Å². The summed E-state index contributed by atoms with van der Waals surface area (Å²) in [5, 5.41) is 3.59. The molecule has 2 aromatic heterocycles. The van der Waals surface area contributed by atoms with E-state index in [1.54, 1.807) is 19.1 Å². The number of thioether (sulfide) groups is 1. The van der Waals surface area contributed by atoms with E-state index < -0.39 is 0 Å². The smallest absolute Gasteiger partial charge is 0.316 e. The molecule has 4 nitrogen and oxygen atoms in total. The second-order valence-electron chi connectivity index (χ2n) is 4.61. The Morgan fingerprint density at radius 3 is 2.83 bits per heavy atom. The molecule has 3 aromatic rings. The zero-order chi connectivity index (χ0) is 16.2. The van der Waals surface area contributed by atoms with Crippen LogP contribution in [0.3, 0.4) is 0 Å². The average Bonchev–Trinajstić information content (AvgIpc) is 2.98. The number of ether oxygens (including phenoxy) is 1. The van der Waals surface area contributed by atoms with Gasteiger partial charge in [0.05, 0.1) is 17.7 Å². The zero-order valence-corrected chi connectivity index (χ0v) is 13.9. The maximum Gasteiger partial charge on any atom is 0.316 e. The number of fused-ring (bicyclic) bond motifs is 1. The second kappa shape index (κ2) is 7.06. The highest BCUT2D eigenvalue weighted by atomic mass is 32.2. The number of rotatable bonds is 5. The summed E-state index contributed by atoms with van der Waals surface area (Å²) in [6.45, 7) is 2.13. The van der Waals surface area contributed by atoms with Crippen molar-refractivity contribution in [3.05, 3.63) is 41.8 Å². The molecule has 23 heavy (non-hydrogen) atoms. The molecule has 0 aliphatic heterocycles. The standard InChI is InChI=1S/C16H13FN2O2S2/c1-2-21-13(20)8-23-16-14-12(7-22-15(14)18-9-19-16)10-3-5-11(17)6-4-10/h3-7,9H,2,8H2,1H3. The second-order valence-corrected chi connectivity index (χ2v) is 6.43. The van der Waals surface area contributed by atoms with Crippen LogP contribution in [0.4, 0.5) is 4.39 Å². The van der Waals surface area contributed by atoms with Crippen molar-refractivity contribution < 1.29 is 13.9 Å². The maximum atomic E-state index is 13.1. The molecule has 0 radical (unpaired) electrons. The van der Waals surface area contributed by atoms with Crippen molar-refractivity contribution in [2.45, 2.75) is 11.9 Å². The lowest BCUT2D eigenvalue weighted by Crippen LogP contribution is -2.06. The van der Waals surface area contributed by atoms with E-state index in [1.807, 2.05) is 5.38 Å². The Morgan fingerprint density at radius 2 is 2.09 bits per heavy atom. The molecule has 7 heteroatoms. The molecule has 0 saturated heterocycles. The van der Waals surface area contributed by atoms with Crippen LogP contribution in [0.25, 0.3) is 21.3 Å². The number of halogens is 1. The molecule has 118 valence electrons. The van der Waals surface area contributed by atoms with Gasteiger partial charge in [-0.05, 0) is 24.6 Å². The fourth-order valence-corrected chi connectivity index (χ4v) is 3.92. The number of benzene rings is 1. The Labute approximate surface area is 140 Å². The van der Waals surface area contributed by atoms with Gasteiger partial charge in [-0.3, -0.25) is 4.79 Å². The van der Waals surface area contributed by atoms with Gasteiger partial charge in [0.15, 0.2) is 0 Å². The summed E-state index contributed by atoms with van der Waals surface area (Å²) < 4.78 is 18.1. The SMILES string of the molecule is CCOC(=O)CSc1ncnc2scc(-c3ccc(F)cc3)c12. The predicted octanol–water partition coefficient (Wildman–Crippen LogP) is 4.15. The summed E-state index contributed by atoms with van der Waals surface area (Å²) in [6, 6.07) is 6.30. The topological polar surface area (TPSA) is 52.1 Å². The van der Waals surface area contributed by atoms with Crippen LogP contribution in [0, 0.1) is 5.82 Å². The Morgan fingerprint density at radius 1 is 1.30 bits per heavy atom. The van der Waals surface area contributed by atoms with Gasteiger partial charge in [0.2, 0.25) is 0 Å². The first kappa shape index (κ1) is 15.9. The van der Waals surface area contributed by atoms with Crippen molar-refractivity contribution in [3.63, 3.8) is 0 Å². The number of thiophene rings is 1. The lowest BCUT2D eigenvalue weighted by molar-refractivity contribution is -0.139. The number of nitrogens with zero attached hydrogens (tertiary/aromatic N) is 2. The Hall–Kier alpha value is -1.99. The molecule has 0 bridgehead atoms. The Balaban J connectivity index is 1.97. The molecule has 3 rings (SSSR count). The minimum Gasteiger partial charge on any atom is -0.465 e. The third-order valence-electron chi connectivity index (χ3n) is 3.12. The summed E-state index contributed by atoms with van der Waals surface area (Å²) in [5.41, 5.74) is 1.84. The van der Waals surface area contributed by atoms with Gasteiger partial charge < -0.3 is 4.74 Å². The van der Waals surface area contributed by atoms with E-state index in [0.717, 1.165) is 26.4 Å². The van der Waals surface area contributed by atoms with Crippen molar-refractivity contribution in [1.29, 1.82) is 0 Å². The molecule has 0 atom stereocenters. The van der Waals surface area contributed by atoms with Gasteiger partial charge in [-0.25, -0.2) is 14.4 Å². The molecule has 0 unspecified atom stereocenters. The molecule has 2 heterocycles. The summed E-state index contributed by atoms with van der Waals surface area (Å²) >= 11 is 2.82. The molecule has 0 aliphatic rings. The monoisotopic (exact) mass is 348 g/mol. The van der Waals surface area contributed by atoms with Crippen LogP contribution < -0.4 is 0 Å². The van der Waals surface area contributed by atoms with Crippen molar-refractivity contribution in [1.82, 2.24) is 9.97 Å². The molecule has 1 aromatic carbocycles. The average molecular weight is 348 g/mol. The first-order chi connectivity index (χ1) is 11.2. The number of carbonyl (C=O) groups excluding carboxylic acids is 1. The molecule has 0 fully saturated rings. The van der Waals surface area contributed by atoms with E-state index in [4.69, 9.17) is 4.74 Å². The van der Waals surface area contributed by atoms with E-state index in [2.05, 4.69) is 9.97 Å². The van der Waals surface area contributed by atoms with Gasteiger partial charge in [0.25, 0.3) is 0 Å². The van der Waals surface area contributed by atoms with Crippen LogP contribution in [0.5, 0.6) is 0 Å². The lowest BCUT2D eigenvalue weighted by atomic mass is 10.1. The van der Waals surface area contributed by atoms with Crippen LogP contribution in [0.2, 0.25) is 0 Å². The molecule has 0 amide bonds. The Bertz CT molecular complexity index is 834. The summed E-state index contributed by atoms with van der Waals surface area (Å²) in [4.78, 5) is 21.0. The van der Waals surface area contributed by atoms with Crippen molar-refractivity contribution >= 4 is 39.3 Å². The van der Waals surface area contributed by atoms with E-state index in [1.165, 1.54) is 41.6 Å². The number of hydrogen-bond acceptors (Lipinski definition) is 6. The maximum absolute atomic E-state index is 13.1. The Kier molecular flexibility index (Phi) is 4.88. The van der Waals surface area contributed by atoms with Gasteiger partial charge in [0.1, 0.15) is 22.0 Å². The minimum atomic E-state index is -0.276. The normalized spacial score (nSPS) is 10.9. The first-order valence-corrected chi connectivity index (χ1v) is 8.82. The molecule has 0 aliphatic carbocycles. The van der Waals surface area contributed by atoms with Crippen molar-refractivity contribution in [2.75, 3.05) is 12.4 Å². The number of hydrogen-bond donors (Lipinski definition) is 0. The van der Waals surface area contributed by atoms with Gasteiger partial charge in [-0.2, -0.15) is 0 Å². The van der Waals surface area contributed by atoms with Gasteiger partial charge >= 0.3 is 5.97 Å². The van der Waals surface area contributed by atoms with E-state index in [9.17, 15) is 9.18 Å². The van der Waals surface area contributed by atoms with Crippen molar-refractivity contribution in [3.8, 4) is 11.1 Å². The summed E-state index contributed by atoms with van der Waals surface area (Å²) in [5.74, 6) is -0.358. The summed E-state index contributed by atoms with van der Waals surface area (Å²) in [7, 11) is 0. The number of esters is 1. The third kappa shape index (κ3) is 3.51. The highest BCUT2D eigenvalue weighted by Crippen LogP contribution is 2.37. The number of aromatic nitrogens is 2. The fourth-order valence-electron chi connectivity index (χ4n) is 2.13. The molecular weight excluding hydrogens is 335 g/mol. The molecule has 0 spiro atoms. The zero-order valence-electron chi connectivity index (χ0n) is 12.3. The third-order valence-corrected chi connectivity index (χ3v) is 4.97. The lowest BCUT2D eigenvalue weighted by Gasteiger charge is -2.05.